The Bertz CT molecular complexity index is 1050. The molecule has 2 aliphatic rings. The number of carbonyl (C=O) groups excluding carboxylic acids is 1. The molecule has 0 bridgehead atoms. The second-order valence-electron chi connectivity index (χ2n) is 7.01. The summed E-state index contributed by atoms with van der Waals surface area (Å²) in [6, 6.07) is 12.9. The third kappa shape index (κ3) is 3.84. The predicted octanol–water partition coefficient (Wildman–Crippen LogP) is 3.30. The van der Waals surface area contributed by atoms with Gasteiger partial charge in [0, 0.05) is 17.0 Å². The van der Waals surface area contributed by atoms with Gasteiger partial charge < -0.3 is 4.90 Å². The zero-order valence-electron chi connectivity index (χ0n) is 15.2. The average Bonchev–Trinajstić information content (AvgIpc) is 3.12. The number of halogens is 1. The predicted molar refractivity (Wildman–Crippen MR) is 110 cm³/mol. The van der Waals surface area contributed by atoms with Gasteiger partial charge in [-0.2, -0.15) is 0 Å². The van der Waals surface area contributed by atoms with E-state index in [1.165, 1.54) is 30.8 Å². The lowest BCUT2D eigenvalue weighted by Crippen LogP contribution is -2.39. The number of Topliss-reactive ketones (excluding diaryl/α,β-unsaturated/α-hetero) is 1. The van der Waals surface area contributed by atoms with Gasteiger partial charge in [-0.3, -0.25) is 9.79 Å². The van der Waals surface area contributed by atoms with E-state index in [0.29, 0.717) is 11.3 Å². The molecule has 1 fully saturated rings. The van der Waals surface area contributed by atoms with Gasteiger partial charge in [-0.05, 0) is 36.8 Å². The Morgan fingerprint density at radius 1 is 1.21 bits per heavy atom. The summed E-state index contributed by atoms with van der Waals surface area (Å²) in [6.45, 7) is 1.50. The van der Waals surface area contributed by atoms with Crippen LogP contribution in [0.2, 0.25) is 0 Å². The minimum Gasteiger partial charge on any atom is -0.315 e. The number of sulfone groups is 1. The van der Waals surface area contributed by atoms with Gasteiger partial charge in [-0.25, -0.2) is 12.8 Å². The van der Waals surface area contributed by atoms with E-state index in [9.17, 15) is 17.6 Å². The van der Waals surface area contributed by atoms with Crippen molar-refractivity contribution in [3.05, 3.63) is 65.5 Å². The number of thioether (sulfide) groups is 1. The van der Waals surface area contributed by atoms with Crippen LogP contribution in [0.25, 0.3) is 0 Å². The second kappa shape index (κ2) is 7.33. The van der Waals surface area contributed by atoms with Crippen LogP contribution >= 0.6 is 11.8 Å². The van der Waals surface area contributed by atoms with Gasteiger partial charge >= 0.3 is 0 Å². The van der Waals surface area contributed by atoms with Gasteiger partial charge in [-0.1, -0.05) is 36.0 Å². The molecule has 0 spiro atoms. The van der Waals surface area contributed by atoms with Crippen molar-refractivity contribution in [3.63, 3.8) is 0 Å². The van der Waals surface area contributed by atoms with E-state index in [0.717, 1.165) is 16.4 Å². The highest BCUT2D eigenvalue weighted by molar-refractivity contribution is 8.13. The number of nitrogens with zero attached hydrogens (tertiary/aromatic N) is 2. The lowest BCUT2D eigenvalue weighted by atomic mass is 10.1. The molecule has 8 heteroatoms. The number of amidine groups is 1. The molecule has 2 aliphatic heterocycles. The SMILES string of the molecule is CC(=O)c1cccc(N2C(SCc3ccc(F)cc3)=N[C@@H]3CS(=O)(=O)C[C@@H]32)c1. The summed E-state index contributed by atoms with van der Waals surface area (Å²) in [4.78, 5) is 18.4. The summed E-state index contributed by atoms with van der Waals surface area (Å²) in [7, 11) is -3.13. The van der Waals surface area contributed by atoms with Crippen LogP contribution in [-0.2, 0) is 15.6 Å². The molecule has 2 aromatic carbocycles. The van der Waals surface area contributed by atoms with Gasteiger partial charge in [0.1, 0.15) is 5.82 Å². The van der Waals surface area contributed by atoms with Gasteiger partial charge in [-0.15, -0.1) is 0 Å². The quantitative estimate of drug-likeness (QED) is 0.713. The number of rotatable bonds is 4. The topological polar surface area (TPSA) is 66.8 Å². The van der Waals surface area contributed by atoms with E-state index in [4.69, 9.17) is 0 Å². The molecule has 146 valence electrons. The Balaban J connectivity index is 1.64. The van der Waals surface area contributed by atoms with Crippen LogP contribution in [-0.4, -0.2) is 43.0 Å². The van der Waals surface area contributed by atoms with Crippen LogP contribution < -0.4 is 4.90 Å². The standard InChI is InChI=1S/C20H19FN2O3S2/c1-13(24)15-3-2-4-17(9-15)23-19-12-28(25,26)11-18(19)22-20(23)27-10-14-5-7-16(21)8-6-14/h2-9,18-19H,10-12H2,1H3/t18-,19+/m1/s1. The molecule has 0 amide bonds. The molecule has 4 rings (SSSR count). The molecular weight excluding hydrogens is 399 g/mol. The fourth-order valence-corrected chi connectivity index (χ4v) is 6.46. The third-order valence-corrected chi connectivity index (χ3v) is 7.66. The van der Waals surface area contributed by atoms with Crippen LogP contribution in [0.15, 0.2) is 53.5 Å². The molecule has 5 nitrogen and oxygen atoms in total. The smallest absolute Gasteiger partial charge is 0.164 e. The maximum atomic E-state index is 13.1. The molecule has 0 radical (unpaired) electrons. The Hall–Kier alpha value is -2.19. The molecule has 0 aliphatic carbocycles. The molecule has 0 aromatic heterocycles. The third-order valence-electron chi connectivity index (χ3n) is 4.92. The molecule has 2 heterocycles. The van der Waals surface area contributed by atoms with E-state index in [1.54, 1.807) is 30.3 Å². The lowest BCUT2D eigenvalue weighted by Gasteiger charge is -2.26. The van der Waals surface area contributed by atoms with Crippen molar-refractivity contribution in [3.8, 4) is 0 Å². The van der Waals surface area contributed by atoms with Crippen molar-refractivity contribution in [2.75, 3.05) is 16.4 Å². The van der Waals surface area contributed by atoms with Gasteiger partial charge in [0.2, 0.25) is 0 Å². The van der Waals surface area contributed by atoms with E-state index in [1.807, 2.05) is 11.0 Å². The van der Waals surface area contributed by atoms with Crippen LogP contribution in [0.5, 0.6) is 0 Å². The Morgan fingerprint density at radius 3 is 2.68 bits per heavy atom. The minimum atomic E-state index is -3.13. The van der Waals surface area contributed by atoms with E-state index >= 15 is 0 Å². The summed E-state index contributed by atoms with van der Waals surface area (Å²) in [6.07, 6.45) is 0. The molecule has 2 atom stereocenters. The number of fused-ring (bicyclic) bond motifs is 1. The molecule has 0 saturated carbocycles. The second-order valence-corrected chi connectivity index (χ2v) is 10.1. The first-order valence-electron chi connectivity index (χ1n) is 8.88. The first kappa shape index (κ1) is 19.1. The zero-order chi connectivity index (χ0) is 19.9. The Labute approximate surface area is 167 Å². The van der Waals surface area contributed by atoms with E-state index in [2.05, 4.69) is 4.99 Å². The highest BCUT2D eigenvalue weighted by Crippen LogP contribution is 2.36. The number of benzene rings is 2. The average molecular weight is 419 g/mol. The summed E-state index contributed by atoms with van der Waals surface area (Å²) in [5.41, 5.74) is 2.29. The Kier molecular flexibility index (Phi) is 5.01. The molecule has 1 saturated heterocycles. The summed E-state index contributed by atoms with van der Waals surface area (Å²) in [5.74, 6) is 0.352. The first-order chi connectivity index (χ1) is 13.3. The van der Waals surface area contributed by atoms with Crippen molar-refractivity contribution in [2.24, 2.45) is 4.99 Å². The fourth-order valence-electron chi connectivity index (χ4n) is 3.54. The number of hydrogen-bond acceptors (Lipinski definition) is 6. The van der Waals surface area contributed by atoms with Crippen LogP contribution in [0, 0.1) is 5.82 Å². The van der Waals surface area contributed by atoms with Crippen LogP contribution in [0.3, 0.4) is 0 Å². The van der Waals surface area contributed by atoms with Crippen LogP contribution in [0.1, 0.15) is 22.8 Å². The first-order valence-corrected chi connectivity index (χ1v) is 11.7. The van der Waals surface area contributed by atoms with Crippen molar-refractivity contribution in [1.82, 2.24) is 0 Å². The highest BCUT2D eigenvalue weighted by atomic mass is 32.2. The number of aliphatic imine (C=N–C) groups is 1. The lowest BCUT2D eigenvalue weighted by molar-refractivity contribution is 0.101. The molecular formula is C20H19FN2O3S2. The van der Waals surface area contributed by atoms with Gasteiger partial charge in [0.15, 0.2) is 20.8 Å². The minimum absolute atomic E-state index is 0.0428. The van der Waals surface area contributed by atoms with Gasteiger partial charge in [0.05, 0.1) is 23.6 Å². The highest BCUT2D eigenvalue weighted by Gasteiger charge is 2.47. The van der Waals surface area contributed by atoms with Gasteiger partial charge in [0.25, 0.3) is 0 Å². The number of ketones is 1. The van der Waals surface area contributed by atoms with E-state index < -0.39 is 9.84 Å². The largest absolute Gasteiger partial charge is 0.315 e. The van der Waals surface area contributed by atoms with Crippen LogP contribution in [0.4, 0.5) is 10.1 Å². The maximum Gasteiger partial charge on any atom is 0.164 e. The molecule has 28 heavy (non-hydrogen) atoms. The zero-order valence-corrected chi connectivity index (χ0v) is 16.8. The number of anilines is 1. The number of carbonyl (C=O) groups is 1. The fraction of sp³-hybridized carbons (Fsp3) is 0.300. The van der Waals surface area contributed by atoms with Crippen molar-refractivity contribution >= 4 is 38.2 Å². The Morgan fingerprint density at radius 2 is 1.96 bits per heavy atom. The molecule has 2 aromatic rings. The molecule has 0 unspecified atom stereocenters. The molecule has 0 N–H and O–H groups in total. The van der Waals surface area contributed by atoms with Crippen molar-refractivity contribution < 1.29 is 17.6 Å². The maximum absolute atomic E-state index is 13.1. The van der Waals surface area contributed by atoms with Crippen molar-refractivity contribution in [2.45, 2.75) is 24.8 Å². The van der Waals surface area contributed by atoms with Crippen molar-refractivity contribution in [1.29, 1.82) is 0 Å². The monoisotopic (exact) mass is 418 g/mol. The normalized spacial score (nSPS) is 22.8. The van der Waals surface area contributed by atoms with E-state index in [-0.39, 0.29) is 35.2 Å². The summed E-state index contributed by atoms with van der Waals surface area (Å²) < 4.78 is 37.4. The summed E-state index contributed by atoms with van der Waals surface area (Å²) in [5, 5.41) is 0.731. The summed E-state index contributed by atoms with van der Waals surface area (Å²) >= 11 is 1.49. The number of hydrogen-bond donors (Lipinski definition) is 0.